The molecule has 0 aromatic rings. The van der Waals surface area contributed by atoms with Gasteiger partial charge in [-0.3, -0.25) is 0 Å². The van der Waals surface area contributed by atoms with Gasteiger partial charge in [0.1, 0.15) is 0 Å². The normalized spacial score (nSPS) is 12.7. The summed E-state index contributed by atoms with van der Waals surface area (Å²) in [6.45, 7) is 3.71. The average Bonchev–Trinajstić information content (AvgIpc) is 2.54. The zero-order valence-corrected chi connectivity index (χ0v) is 15.0. The van der Waals surface area contributed by atoms with E-state index in [-0.39, 0.29) is 0 Å². The number of unbranched alkanes of at least 4 members (excludes halogenated alkanes) is 13. The van der Waals surface area contributed by atoms with Gasteiger partial charge in [-0.1, -0.05) is 90.4 Å². The predicted octanol–water partition coefficient (Wildman–Crippen LogP) is 4.80. The van der Waals surface area contributed by atoms with E-state index in [4.69, 9.17) is 10.5 Å². The minimum Gasteiger partial charge on any atom is -0.389 e. The lowest BCUT2D eigenvalue weighted by molar-refractivity contribution is 0.0396. The number of hydrogen-bond donors (Lipinski definition) is 2. The molecule has 1 unspecified atom stereocenters. The van der Waals surface area contributed by atoms with Crippen LogP contribution >= 0.6 is 0 Å². The molecule has 0 aliphatic carbocycles. The molecule has 0 bridgehead atoms. The fourth-order valence-corrected chi connectivity index (χ4v) is 2.69. The number of aliphatic hydroxyl groups excluding tert-OH is 1. The van der Waals surface area contributed by atoms with Gasteiger partial charge in [0.05, 0.1) is 12.7 Å². The van der Waals surface area contributed by atoms with Gasteiger partial charge in [-0.05, 0) is 6.42 Å². The molecule has 0 saturated heterocycles. The first-order valence-electron chi connectivity index (χ1n) is 9.77. The molecule has 3 N–H and O–H groups in total. The lowest BCUT2D eigenvalue weighted by Crippen LogP contribution is -2.25. The van der Waals surface area contributed by atoms with Crippen molar-refractivity contribution >= 4 is 0 Å². The van der Waals surface area contributed by atoms with Gasteiger partial charge in [-0.2, -0.15) is 0 Å². The second kappa shape index (κ2) is 18.9. The van der Waals surface area contributed by atoms with E-state index in [2.05, 4.69) is 6.92 Å². The Hall–Kier alpha value is -0.120. The Labute approximate surface area is 139 Å². The number of nitrogens with two attached hydrogens (primary N) is 1. The molecule has 0 aliphatic rings. The number of hydrogen-bond acceptors (Lipinski definition) is 3. The zero-order valence-electron chi connectivity index (χ0n) is 15.0. The van der Waals surface area contributed by atoms with Crippen LogP contribution in [0.4, 0.5) is 0 Å². The van der Waals surface area contributed by atoms with Gasteiger partial charge in [-0.25, -0.2) is 0 Å². The summed E-state index contributed by atoms with van der Waals surface area (Å²) in [7, 11) is 0. The van der Waals surface area contributed by atoms with Crippen molar-refractivity contribution in [2.45, 2.75) is 103 Å². The molecular weight excluding hydrogens is 274 g/mol. The number of aliphatic hydroxyl groups is 1. The van der Waals surface area contributed by atoms with E-state index in [1.165, 1.54) is 83.5 Å². The average molecular weight is 316 g/mol. The van der Waals surface area contributed by atoms with Gasteiger partial charge in [0.15, 0.2) is 0 Å². The van der Waals surface area contributed by atoms with Crippen molar-refractivity contribution in [1.29, 1.82) is 0 Å². The molecule has 0 amide bonds. The highest BCUT2D eigenvalue weighted by Gasteiger charge is 1.99. The molecule has 0 fully saturated rings. The Morgan fingerprint density at radius 2 is 1.14 bits per heavy atom. The lowest BCUT2D eigenvalue weighted by Gasteiger charge is -2.08. The number of ether oxygens (including phenoxy) is 1. The van der Waals surface area contributed by atoms with Crippen LogP contribution in [0.3, 0.4) is 0 Å². The van der Waals surface area contributed by atoms with Crippen LogP contribution in [0, 0.1) is 0 Å². The van der Waals surface area contributed by atoms with Crippen molar-refractivity contribution in [2.24, 2.45) is 5.73 Å². The summed E-state index contributed by atoms with van der Waals surface area (Å²) in [6, 6.07) is 0. The van der Waals surface area contributed by atoms with E-state index in [0.29, 0.717) is 13.2 Å². The zero-order chi connectivity index (χ0) is 16.3. The first kappa shape index (κ1) is 21.9. The highest BCUT2D eigenvalue weighted by molar-refractivity contribution is 4.53. The monoisotopic (exact) mass is 315 g/mol. The smallest absolute Gasteiger partial charge is 0.0895 e. The molecule has 0 heterocycles. The fraction of sp³-hybridized carbons (Fsp3) is 1.00. The van der Waals surface area contributed by atoms with Gasteiger partial charge in [0.25, 0.3) is 0 Å². The van der Waals surface area contributed by atoms with Crippen molar-refractivity contribution in [3.63, 3.8) is 0 Å². The molecule has 1 atom stereocenters. The quantitative estimate of drug-likeness (QED) is 0.357. The third-order valence-electron chi connectivity index (χ3n) is 4.22. The molecule has 22 heavy (non-hydrogen) atoms. The molecule has 3 nitrogen and oxygen atoms in total. The summed E-state index contributed by atoms with van der Waals surface area (Å²) >= 11 is 0. The molecule has 0 rings (SSSR count). The van der Waals surface area contributed by atoms with Gasteiger partial charge < -0.3 is 15.6 Å². The van der Waals surface area contributed by atoms with Crippen LogP contribution in [-0.4, -0.2) is 31.0 Å². The molecule has 3 heteroatoms. The molecule has 0 radical (unpaired) electrons. The third kappa shape index (κ3) is 17.9. The maximum atomic E-state index is 9.22. The number of rotatable bonds is 18. The standard InChI is InChI=1S/C19H41NO2/c1-2-3-4-5-6-7-8-9-10-11-12-13-14-15-16-22-18-19(21)17-20/h19,21H,2-18,20H2,1H3. The minimum atomic E-state index is -0.494. The molecular formula is C19H41NO2. The maximum absolute atomic E-state index is 9.22. The largest absolute Gasteiger partial charge is 0.389 e. The Morgan fingerprint density at radius 3 is 1.55 bits per heavy atom. The highest BCUT2D eigenvalue weighted by Crippen LogP contribution is 2.12. The van der Waals surface area contributed by atoms with E-state index in [1.807, 2.05) is 0 Å². The van der Waals surface area contributed by atoms with Gasteiger partial charge >= 0.3 is 0 Å². The molecule has 0 aromatic carbocycles. The van der Waals surface area contributed by atoms with Crippen LogP contribution in [-0.2, 0) is 4.74 Å². The second-order valence-corrected chi connectivity index (χ2v) is 6.56. The fourth-order valence-electron chi connectivity index (χ4n) is 2.69. The van der Waals surface area contributed by atoms with Gasteiger partial charge in [0, 0.05) is 13.2 Å². The van der Waals surface area contributed by atoms with E-state index in [0.717, 1.165) is 13.0 Å². The molecule has 134 valence electrons. The van der Waals surface area contributed by atoms with Crippen molar-refractivity contribution in [2.75, 3.05) is 19.8 Å². The van der Waals surface area contributed by atoms with Crippen molar-refractivity contribution < 1.29 is 9.84 Å². The summed E-state index contributed by atoms with van der Waals surface area (Å²) in [5.74, 6) is 0. The molecule has 0 aromatic heterocycles. The van der Waals surface area contributed by atoms with Gasteiger partial charge in [-0.15, -0.1) is 0 Å². The minimum absolute atomic E-state index is 0.290. The Bertz CT molecular complexity index is 200. The van der Waals surface area contributed by atoms with Crippen LogP contribution < -0.4 is 5.73 Å². The maximum Gasteiger partial charge on any atom is 0.0895 e. The first-order valence-corrected chi connectivity index (χ1v) is 9.77. The lowest BCUT2D eigenvalue weighted by atomic mass is 10.0. The van der Waals surface area contributed by atoms with E-state index < -0.39 is 6.10 Å². The summed E-state index contributed by atoms with van der Waals surface area (Å²) in [5, 5.41) is 9.22. The molecule has 0 spiro atoms. The van der Waals surface area contributed by atoms with Crippen molar-refractivity contribution in [3.8, 4) is 0 Å². The van der Waals surface area contributed by atoms with E-state index >= 15 is 0 Å². The van der Waals surface area contributed by atoms with Crippen LogP contribution in [0.15, 0.2) is 0 Å². The Kier molecular flexibility index (Phi) is 18.8. The van der Waals surface area contributed by atoms with Crippen molar-refractivity contribution in [3.05, 3.63) is 0 Å². The van der Waals surface area contributed by atoms with Crippen LogP contribution in [0.2, 0.25) is 0 Å². The first-order chi connectivity index (χ1) is 10.8. The molecule has 0 saturated carbocycles. The van der Waals surface area contributed by atoms with Crippen LogP contribution in [0.25, 0.3) is 0 Å². The Balaban J connectivity index is 2.97. The SMILES string of the molecule is CCCCCCCCCCCCCCCCOCC(O)CN. The predicted molar refractivity (Wildman–Crippen MR) is 96.2 cm³/mol. The van der Waals surface area contributed by atoms with Crippen LogP contribution in [0.5, 0.6) is 0 Å². The van der Waals surface area contributed by atoms with E-state index in [9.17, 15) is 5.11 Å². The highest BCUT2D eigenvalue weighted by atomic mass is 16.5. The second-order valence-electron chi connectivity index (χ2n) is 6.56. The van der Waals surface area contributed by atoms with E-state index in [1.54, 1.807) is 0 Å². The topological polar surface area (TPSA) is 55.5 Å². The summed E-state index contributed by atoms with van der Waals surface area (Å²) in [4.78, 5) is 0. The van der Waals surface area contributed by atoms with Crippen molar-refractivity contribution in [1.82, 2.24) is 0 Å². The summed E-state index contributed by atoms with van der Waals surface area (Å²) in [5.41, 5.74) is 5.31. The third-order valence-corrected chi connectivity index (χ3v) is 4.22. The molecule has 0 aliphatic heterocycles. The van der Waals surface area contributed by atoms with Crippen LogP contribution in [0.1, 0.15) is 96.8 Å². The summed E-state index contributed by atoms with van der Waals surface area (Å²) < 4.78 is 5.36. The van der Waals surface area contributed by atoms with Gasteiger partial charge in [0.2, 0.25) is 0 Å². The summed E-state index contributed by atoms with van der Waals surface area (Å²) in [6.07, 6.45) is 18.7. The Morgan fingerprint density at radius 1 is 0.727 bits per heavy atom.